The highest BCUT2D eigenvalue weighted by atomic mass is 16.4. The van der Waals surface area contributed by atoms with Gasteiger partial charge in [0.2, 0.25) is 0 Å². The molecule has 0 radical (unpaired) electrons. The van der Waals surface area contributed by atoms with E-state index in [9.17, 15) is 15.0 Å². The van der Waals surface area contributed by atoms with Crippen LogP contribution >= 0.6 is 0 Å². The molecular formula is C13H23NO3. The van der Waals surface area contributed by atoms with E-state index in [0.29, 0.717) is 44.7 Å². The largest absolute Gasteiger partial charge is 0.481 e. The number of carbonyl (C=O) groups is 1. The lowest BCUT2D eigenvalue weighted by Gasteiger charge is -2.50. The van der Waals surface area contributed by atoms with Crippen LogP contribution in [0.5, 0.6) is 0 Å². The Balaban J connectivity index is 2.28. The van der Waals surface area contributed by atoms with Crippen LogP contribution < -0.4 is 5.32 Å². The Morgan fingerprint density at radius 3 is 2.47 bits per heavy atom. The molecule has 0 aromatic heterocycles. The summed E-state index contributed by atoms with van der Waals surface area (Å²) in [6, 6.07) is 0. The van der Waals surface area contributed by atoms with Crippen LogP contribution in [0.1, 0.15) is 45.4 Å². The molecule has 2 unspecified atom stereocenters. The Morgan fingerprint density at radius 2 is 1.94 bits per heavy atom. The average Bonchev–Trinajstić information content (AvgIpc) is 2.29. The number of rotatable bonds is 2. The molecule has 0 aromatic rings. The Hall–Kier alpha value is -0.610. The maximum absolute atomic E-state index is 11.7. The topological polar surface area (TPSA) is 69.6 Å². The molecule has 98 valence electrons. The maximum atomic E-state index is 11.7. The van der Waals surface area contributed by atoms with Crippen molar-refractivity contribution in [1.29, 1.82) is 0 Å². The van der Waals surface area contributed by atoms with Crippen LogP contribution in [0.15, 0.2) is 0 Å². The maximum Gasteiger partial charge on any atom is 0.312 e. The zero-order valence-electron chi connectivity index (χ0n) is 10.5. The normalized spacial score (nSPS) is 37.6. The quantitative estimate of drug-likeness (QED) is 0.683. The first-order valence-corrected chi connectivity index (χ1v) is 6.67. The van der Waals surface area contributed by atoms with Gasteiger partial charge in [-0.3, -0.25) is 4.79 Å². The predicted molar refractivity (Wildman–Crippen MR) is 64.8 cm³/mol. The summed E-state index contributed by atoms with van der Waals surface area (Å²) < 4.78 is 0. The van der Waals surface area contributed by atoms with Crippen LogP contribution in [0.2, 0.25) is 0 Å². The van der Waals surface area contributed by atoms with Crippen molar-refractivity contribution in [3.05, 3.63) is 0 Å². The van der Waals surface area contributed by atoms with Gasteiger partial charge in [0.25, 0.3) is 0 Å². The second-order valence-corrected chi connectivity index (χ2v) is 5.87. The predicted octanol–water partition coefficient (Wildman–Crippen LogP) is 1.38. The summed E-state index contributed by atoms with van der Waals surface area (Å²) in [6.07, 6.45) is 4.43. The van der Waals surface area contributed by atoms with E-state index in [2.05, 4.69) is 12.2 Å². The van der Waals surface area contributed by atoms with Gasteiger partial charge in [0.15, 0.2) is 0 Å². The molecule has 1 heterocycles. The summed E-state index contributed by atoms with van der Waals surface area (Å²) in [7, 11) is 0. The van der Waals surface area contributed by atoms with Crippen molar-refractivity contribution in [1.82, 2.24) is 5.32 Å². The smallest absolute Gasteiger partial charge is 0.312 e. The van der Waals surface area contributed by atoms with Gasteiger partial charge in [-0.1, -0.05) is 19.8 Å². The Kier molecular flexibility index (Phi) is 3.46. The third-order valence-electron chi connectivity index (χ3n) is 4.73. The number of hydrogen-bond acceptors (Lipinski definition) is 3. The summed E-state index contributed by atoms with van der Waals surface area (Å²) in [5.74, 6) is -0.379. The van der Waals surface area contributed by atoms with Crippen LogP contribution in [0.4, 0.5) is 0 Å². The van der Waals surface area contributed by atoms with Crippen LogP contribution in [0.25, 0.3) is 0 Å². The number of carboxylic acids is 1. The zero-order chi connectivity index (χ0) is 12.5. The Labute approximate surface area is 102 Å². The molecule has 4 heteroatoms. The van der Waals surface area contributed by atoms with E-state index >= 15 is 0 Å². The molecule has 2 atom stereocenters. The van der Waals surface area contributed by atoms with Crippen molar-refractivity contribution in [3.8, 4) is 0 Å². The molecule has 17 heavy (non-hydrogen) atoms. The van der Waals surface area contributed by atoms with Crippen molar-refractivity contribution < 1.29 is 15.0 Å². The monoisotopic (exact) mass is 241 g/mol. The first kappa shape index (κ1) is 12.8. The van der Waals surface area contributed by atoms with Crippen molar-refractivity contribution in [2.45, 2.75) is 51.0 Å². The average molecular weight is 241 g/mol. The first-order valence-electron chi connectivity index (χ1n) is 6.67. The number of aliphatic carboxylic acids is 1. The lowest BCUT2D eigenvalue weighted by Crippen LogP contribution is -2.59. The minimum absolute atomic E-state index is 0.430. The van der Waals surface area contributed by atoms with Gasteiger partial charge in [-0.2, -0.15) is 0 Å². The van der Waals surface area contributed by atoms with Gasteiger partial charge < -0.3 is 15.5 Å². The highest BCUT2D eigenvalue weighted by Gasteiger charge is 2.56. The molecule has 1 saturated heterocycles. The molecule has 2 rings (SSSR count). The number of piperidine rings is 1. The summed E-state index contributed by atoms with van der Waals surface area (Å²) in [5, 5.41) is 23.7. The minimum atomic E-state index is -1.00. The van der Waals surface area contributed by atoms with Crippen LogP contribution in [0.3, 0.4) is 0 Å². The van der Waals surface area contributed by atoms with Crippen molar-refractivity contribution in [2.24, 2.45) is 11.3 Å². The van der Waals surface area contributed by atoms with E-state index in [1.165, 1.54) is 0 Å². The molecule has 0 bridgehead atoms. The molecule has 0 spiro atoms. The van der Waals surface area contributed by atoms with Gasteiger partial charge in [-0.25, -0.2) is 0 Å². The molecule has 1 aliphatic heterocycles. The molecule has 1 aliphatic carbocycles. The van der Waals surface area contributed by atoms with E-state index < -0.39 is 17.0 Å². The molecule has 4 nitrogen and oxygen atoms in total. The van der Waals surface area contributed by atoms with Crippen LogP contribution in [-0.2, 0) is 4.79 Å². The molecule has 0 aromatic carbocycles. The lowest BCUT2D eigenvalue weighted by molar-refractivity contribution is -0.182. The molecule has 3 N–H and O–H groups in total. The SMILES string of the molecule is CC1CCCC(O)(C2(C(=O)O)CCNCC2)C1. The number of hydrogen-bond donors (Lipinski definition) is 3. The summed E-state index contributed by atoms with van der Waals surface area (Å²) >= 11 is 0. The number of nitrogens with one attached hydrogen (secondary N) is 1. The van der Waals surface area contributed by atoms with Crippen LogP contribution in [0, 0.1) is 11.3 Å². The molecule has 0 amide bonds. The van der Waals surface area contributed by atoms with Gasteiger partial charge in [0, 0.05) is 0 Å². The fraction of sp³-hybridized carbons (Fsp3) is 0.923. The van der Waals surface area contributed by atoms with Gasteiger partial charge >= 0.3 is 5.97 Å². The van der Waals surface area contributed by atoms with E-state index in [1.807, 2.05) is 0 Å². The second kappa shape index (κ2) is 4.58. The third kappa shape index (κ3) is 2.08. The van der Waals surface area contributed by atoms with Crippen molar-refractivity contribution in [3.63, 3.8) is 0 Å². The fourth-order valence-corrected chi connectivity index (χ4v) is 3.69. The Bertz CT molecular complexity index is 299. The highest BCUT2D eigenvalue weighted by molar-refractivity contribution is 5.76. The standard InChI is InChI=1S/C13H23NO3/c1-10-3-2-4-13(17,9-10)12(11(15)16)5-7-14-8-6-12/h10,14,17H,2-9H2,1H3,(H,15,16). The van der Waals surface area contributed by atoms with E-state index in [-0.39, 0.29) is 0 Å². The van der Waals surface area contributed by atoms with Gasteiger partial charge in [-0.05, 0) is 44.7 Å². The van der Waals surface area contributed by atoms with Crippen molar-refractivity contribution in [2.75, 3.05) is 13.1 Å². The fourth-order valence-electron chi connectivity index (χ4n) is 3.69. The second-order valence-electron chi connectivity index (χ2n) is 5.87. The zero-order valence-corrected chi connectivity index (χ0v) is 10.5. The van der Waals surface area contributed by atoms with E-state index in [1.54, 1.807) is 0 Å². The van der Waals surface area contributed by atoms with Crippen molar-refractivity contribution >= 4 is 5.97 Å². The Morgan fingerprint density at radius 1 is 1.29 bits per heavy atom. The van der Waals surface area contributed by atoms with Gasteiger partial charge in [-0.15, -0.1) is 0 Å². The lowest BCUT2D eigenvalue weighted by atomic mass is 9.59. The van der Waals surface area contributed by atoms with E-state index in [4.69, 9.17) is 0 Å². The summed E-state index contributed by atoms with van der Waals surface area (Å²) in [6.45, 7) is 3.51. The third-order valence-corrected chi connectivity index (χ3v) is 4.73. The summed E-state index contributed by atoms with van der Waals surface area (Å²) in [5.41, 5.74) is -1.93. The molecule has 1 saturated carbocycles. The molecule has 2 aliphatic rings. The van der Waals surface area contributed by atoms with Gasteiger partial charge in [0.05, 0.1) is 11.0 Å². The van der Waals surface area contributed by atoms with Gasteiger partial charge in [0.1, 0.15) is 0 Å². The number of carboxylic acid groups (broad SMARTS) is 1. The number of aliphatic hydroxyl groups is 1. The molecular weight excluding hydrogens is 218 g/mol. The summed E-state index contributed by atoms with van der Waals surface area (Å²) in [4.78, 5) is 11.7. The molecule has 2 fully saturated rings. The van der Waals surface area contributed by atoms with Crippen LogP contribution in [-0.4, -0.2) is 34.9 Å². The van der Waals surface area contributed by atoms with E-state index in [0.717, 1.165) is 12.8 Å². The highest BCUT2D eigenvalue weighted by Crippen LogP contribution is 2.49. The minimum Gasteiger partial charge on any atom is -0.481 e. The first-order chi connectivity index (χ1) is 8.00.